The Morgan fingerprint density at radius 1 is 1.00 bits per heavy atom. The minimum absolute atomic E-state index is 0.312. The first kappa shape index (κ1) is 17.2. The minimum atomic E-state index is -0.314. The van der Waals surface area contributed by atoms with Crippen LogP contribution in [0.4, 0.5) is 5.69 Å². The van der Waals surface area contributed by atoms with Gasteiger partial charge in [0.25, 0.3) is 6.85 Å². The van der Waals surface area contributed by atoms with E-state index in [1.807, 2.05) is 0 Å². The molecule has 5 heteroatoms. The average Bonchev–Trinajstić information content (AvgIpc) is 2.82. The molecule has 1 N–H and O–H groups in total. The van der Waals surface area contributed by atoms with Crippen molar-refractivity contribution < 1.29 is 9.31 Å². The van der Waals surface area contributed by atoms with Gasteiger partial charge in [-0.25, -0.2) is 0 Å². The molecule has 3 aliphatic rings. The molecular weight excluding hydrogens is 308 g/mol. The van der Waals surface area contributed by atoms with Gasteiger partial charge in [0.2, 0.25) is 0 Å². The average molecular weight is 337 g/mol. The highest BCUT2D eigenvalue weighted by atomic mass is 16.7. The number of fused-ring (bicyclic) bond motifs is 1. The molecule has 4 rings (SSSR count). The zero-order valence-electron chi connectivity index (χ0n) is 16.0. The predicted octanol–water partition coefficient (Wildman–Crippen LogP) is 4.29. The van der Waals surface area contributed by atoms with Crippen LogP contribution in [-0.2, 0) is 9.31 Å². The van der Waals surface area contributed by atoms with Crippen LogP contribution in [0.15, 0.2) is 24.2 Å². The lowest BCUT2D eigenvalue weighted by atomic mass is 9.46. The van der Waals surface area contributed by atoms with Crippen LogP contribution in [0, 0.1) is 0 Å². The van der Waals surface area contributed by atoms with Crippen molar-refractivity contribution in [2.24, 2.45) is 0 Å². The number of benzene rings is 1. The second kappa shape index (κ2) is 6.21. The first-order chi connectivity index (χ1) is 11.9. The molecule has 0 unspecified atom stereocenters. The molecular formula is C20H29B2NO2. The standard InChI is InChI=1S/C20H29B2NO2/c1-19(2)20(3,4)25-22(24-19)17-12-8-9-15-13-14-21(23-18(15)17)16-10-6-5-7-11-16/h8-9,12-14,16,23H,5-7,10-11H2,1-4H3. The van der Waals surface area contributed by atoms with Gasteiger partial charge in [0, 0.05) is 11.2 Å². The fourth-order valence-electron chi connectivity index (χ4n) is 4.25. The van der Waals surface area contributed by atoms with E-state index in [-0.39, 0.29) is 18.3 Å². The molecule has 0 amide bonds. The monoisotopic (exact) mass is 337 g/mol. The van der Waals surface area contributed by atoms with E-state index in [2.05, 4.69) is 63.2 Å². The summed E-state index contributed by atoms with van der Waals surface area (Å²) in [6, 6.07) is 6.42. The van der Waals surface area contributed by atoms with Crippen LogP contribution < -0.4 is 10.7 Å². The Balaban J connectivity index is 1.62. The van der Waals surface area contributed by atoms with Crippen molar-refractivity contribution in [3.05, 3.63) is 29.7 Å². The molecule has 25 heavy (non-hydrogen) atoms. The zero-order chi connectivity index (χ0) is 17.7. The second-order valence-electron chi connectivity index (χ2n) is 8.83. The van der Waals surface area contributed by atoms with Gasteiger partial charge in [0.1, 0.15) is 0 Å². The number of hydrogen-bond donors (Lipinski definition) is 1. The van der Waals surface area contributed by atoms with Crippen LogP contribution in [-0.4, -0.2) is 25.2 Å². The summed E-state index contributed by atoms with van der Waals surface area (Å²) in [7, 11) is -0.314. The topological polar surface area (TPSA) is 30.5 Å². The molecule has 0 aromatic heterocycles. The van der Waals surface area contributed by atoms with Crippen molar-refractivity contribution in [2.45, 2.75) is 76.8 Å². The lowest BCUT2D eigenvalue weighted by Crippen LogP contribution is -2.41. The van der Waals surface area contributed by atoms with E-state index in [0.29, 0.717) is 6.85 Å². The Labute approximate surface area is 152 Å². The summed E-state index contributed by atoms with van der Waals surface area (Å²) in [4.78, 5) is 0. The summed E-state index contributed by atoms with van der Waals surface area (Å²) < 4.78 is 12.6. The van der Waals surface area contributed by atoms with Crippen LogP contribution >= 0.6 is 0 Å². The van der Waals surface area contributed by atoms with Gasteiger partial charge in [-0.1, -0.05) is 62.4 Å². The van der Waals surface area contributed by atoms with Gasteiger partial charge in [-0.3, -0.25) is 0 Å². The van der Waals surface area contributed by atoms with E-state index in [1.54, 1.807) is 0 Å². The maximum Gasteiger partial charge on any atom is 0.496 e. The van der Waals surface area contributed by atoms with E-state index in [1.165, 1.54) is 43.4 Å². The first-order valence-corrected chi connectivity index (χ1v) is 9.81. The normalized spacial score (nSPS) is 25.0. The molecule has 0 spiro atoms. The van der Waals surface area contributed by atoms with E-state index in [4.69, 9.17) is 9.31 Å². The zero-order valence-corrected chi connectivity index (χ0v) is 16.0. The molecule has 2 heterocycles. The number of hydrogen-bond acceptors (Lipinski definition) is 3. The number of anilines is 1. The number of nitrogens with one attached hydrogen (secondary N) is 1. The molecule has 3 nitrogen and oxygen atoms in total. The lowest BCUT2D eigenvalue weighted by molar-refractivity contribution is 0.00578. The van der Waals surface area contributed by atoms with Crippen molar-refractivity contribution in [3.8, 4) is 0 Å². The summed E-state index contributed by atoms with van der Waals surface area (Å²) in [6.45, 7) is 8.87. The predicted molar refractivity (Wildman–Crippen MR) is 107 cm³/mol. The molecule has 2 fully saturated rings. The Hall–Kier alpha value is -1.19. The molecule has 0 radical (unpaired) electrons. The van der Waals surface area contributed by atoms with Gasteiger partial charge in [-0.15, -0.1) is 0 Å². The quantitative estimate of drug-likeness (QED) is 0.817. The second-order valence-corrected chi connectivity index (χ2v) is 8.83. The maximum atomic E-state index is 6.31. The van der Waals surface area contributed by atoms with Crippen LogP contribution in [0.1, 0.15) is 65.4 Å². The van der Waals surface area contributed by atoms with E-state index in [0.717, 1.165) is 11.3 Å². The van der Waals surface area contributed by atoms with Crippen molar-refractivity contribution in [1.82, 2.24) is 0 Å². The molecule has 0 bridgehead atoms. The minimum Gasteiger partial charge on any atom is -0.424 e. The van der Waals surface area contributed by atoms with E-state index < -0.39 is 0 Å². The van der Waals surface area contributed by atoms with Crippen molar-refractivity contribution in [3.63, 3.8) is 0 Å². The van der Waals surface area contributed by atoms with Crippen LogP contribution in [0.3, 0.4) is 0 Å². The van der Waals surface area contributed by atoms with Crippen molar-refractivity contribution in [1.29, 1.82) is 0 Å². The molecule has 1 aliphatic carbocycles. The Morgan fingerprint density at radius 2 is 1.68 bits per heavy atom. The summed E-state index contributed by atoms with van der Waals surface area (Å²) in [5.74, 6) is 3.09. The van der Waals surface area contributed by atoms with E-state index in [9.17, 15) is 0 Å². The molecule has 132 valence electrons. The Morgan fingerprint density at radius 3 is 2.36 bits per heavy atom. The van der Waals surface area contributed by atoms with Gasteiger partial charge < -0.3 is 14.5 Å². The lowest BCUT2D eigenvalue weighted by Gasteiger charge is -2.32. The summed E-state index contributed by atoms with van der Waals surface area (Å²) in [5.41, 5.74) is 2.93. The maximum absolute atomic E-state index is 6.31. The third-order valence-electron chi connectivity index (χ3n) is 6.59. The summed E-state index contributed by atoms with van der Waals surface area (Å²) in [5, 5.41) is 3.82. The summed E-state index contributed by atoms with van der Waals surface area (Å²) in [6.07, 6.45) is 9.05. The largest absolute Gasteiger partial charge is 0.496 e. The van der Waals surface area contributed by atoms with Gasteiger partial charge >= 0.3 is 7.12 Å². The fourth-order valence-corrected chi connectivity index (χ4v) is 4.25. The third kappa shape index (κ3) is 3.06. The SMILES string of the molecule is CC1(C)OB(c2cccc3c2NB(C2CCCCC2)C=C3)OC1(C)C. The summed E-state index contributed by atoms with van der Waals surface area (Å²) >= 11 is 0. The highest BCUT2D eigenvalue weighted by Gasteiger charge is 2.52. The molecule has 1 aromatic carbocycles. The van der Waals surface area contributed by atoms with E-state index >= 15 is 0 Å². The first-order valence-electron chi connectivity index (χ1n) is 9.81. The molecule has 1 saturated carbocycles. The highest BCUT2D eigenvalue weighted by Crippen LogP contribution is 2.38. The van der Waals surface area contributed by atoms with Crippen LogP contribution in [0.2, 0.25) is 5.82 Å². The van der Waals surface area contributed by atoms with Crippen LogP contribution in [0.25, 0.3) is 6.08 Å². The van der Waals surface area contributed by atoms with Gasteiger partial charge in [-0.05, 0) is 39.1 Å². The Bertz CT molecular complexity index is 664. The van der Waals surface area contributed by atoms with Crippen molar-refractivity contribution in [2.75, 3.05) is 5.23 Å². The molecule has 1 saturated heterocycles. The third-order valence-corrected chi connectivity index (χ3v) is 6.59. The molecule has 0 atom stereocenters. The smallest absolute Gasteiger partial charge is 0.424 e. The van der Waals surface area contributed by atoms with Crippen molar-refractivity contribution >= 4 is 31.2 Å². The van der Waals surface area contributed by atoms with Gasteiger partial charge in [-0.2, -0.15) is 0 Å². The molecule has 1 aromatic rings. The number of para-hydroxylation sites is 1. The van der Waals surface area contributed by atoms with Gasteiger partial charge in [0.05, 0.1) is 11.2 Å². The fraction of sp³-hybridized carbons (Fsp3) is 0.600. The van der Waals surface area contributed by atoms with Gasteiger partial charge in [0.15, 0.2) is 0 Å². The molecule has 2 aliphatic heterocycles. The Kier molecular flexibility index (Phi) is 4.28. The number of rotatable bonds is 2. The highest BCUT2D eigenvalue weighted by molar-refractivity contribution is 6.72. The van der Waals surface area contributed by atoms with Crippen LogP contribution in [0.5, 0.6) is 0 Å².